The molecule has 5 heteroatoms. The van der Waals surface area contributed by atoms with E-state index in [1.807, 2.05) is 51.1 Å². The van der Waals surface area contributed by atoms with E-state index in [9.17, 15) is 13.0 Å². The minimum Gasteiger partial charge on any atom is -0.282 e. The van der Waals surface area contributed by atoms with Crippen molar-refractivity contribution in [1.82, 2.24) is 0 Å². The summed E-state index contributed by atoms with van der Waals surface area (Å²) in [6.07, 6.45) is 0.490. The first-order valence-electron chi connectivity index (χ1n) is 6.84. The smallest absolute Gasteiger partial charge is 0.282 e. The summed E-state index contributed by atoms with van der Waals surface area (Å²) in [7, 11) is -4.25. The average molecular weight is 338 g/mol. The van der Waals surface area contributed by atoms with Gasteiger partial charge < -0.3 is 0 Å². The van der Waals surface area contributed by atoms with Crippen molar-refractivity contribution >= 4 is 20.0 Å². The van der Waals surface area contributed by atoms with Crippen LogP contribution in [0, 0.1) is 27.7 Å². The maximum Gasteiger partial charge on any atom is 0.295 e. The molecule has 0 aromatic heterocycles. The standard InChI is InChI=1S/C17H20O3S.H3P/c1-11-12(2)14(4)17(21(18,19)20)16(13(11)3)10-15-8-6-5-7-9-15;/h5-9H,10H2,1-4H3,(H,18,19,20);1H3. The molecular formula is C17H23O3PS. The molecule has 0 radical (unpaired) electrons. The molecule has 0 aliphatic carbocycles. The Morgan fingerprint density at radius 2 is 1.36 bits per heavy atom. The summed E-state index contributed by atoms with van der Waals surface area (Å²) < 4.78 is 33.3. The molecule has 0 spiro atoms. The van der Waals surface area contributed by atoms with Crippen LogP contribution in [0.1, 0.15) is 33.4 Å². The van der Waals surface area contributed by atoms with E-state index in [2.05, 4.69) is 0 Å². The summed E-state index contributed by atoms with van der Waals surface area (Å²) in [6, 6.07) is 9.68. The third-order valence-corrected chi connectivity index (χ3v) is 5.31. The van der Waals surface area contributed by atoms with Gasteiger partial charge >= 0.3 is 0 Å². The third kappa shape index (κ3) is 3.57. The predicted octanol–water partition coefficient (Wildman–Crippen LogP) is 3.82. The van der Waals surface area contributed by atoms with Gasteiger partial charge in [-0.25, -0.2) is 0 Å². The Balaban J connectivity index is 0.00000242. The lowest BCUT2D eigenvalue weighted by Gasteiger charge is -2.19. The second kappa shape index (κ2) is 6.91. The molecule has 1 unspecified atom stereocenters. The van der Waals surface area contributed by atoms with Crippen LogP contribution in [0.2, 0.25) is 0 Å². The fourth-order valence-electron chi connectivity index (χ4n) is 2.72. The summed E-state index contributed by atoms with van der Waals surface area (Å²) in [6.45, 7) is 7.53. The molecule has 2 aromatic carbocycles. The van der Waals surface area contributed by atoms with Gasteiger partial charge in [-0.2, -0.15) is 18.3 Å². The van der Waals surface area contributed by atoms with Crippen LogP contribution in [-0.4, -0.2) is 13.0 Å². The highest BCUT2D eigenvalue weighted by molar-refractivity contribution is 7.86. The van der Waals surface area contributed by atoms with E-state index in [4.69, 9.17) is 0 Å². The Morgan fingerprint density at radius 3 is 1.86 bits per heavy atom. The van der Waals surface area contributed by atoms with Gasteiger partial charge in [0, 0.05) is 0 Å². The number of benzene rings is 2. The zero-order valence-corrected chi connectivity index (χ0v) is 15.7. The van der Waals surface area contributed by atoms with E-state index < -0.39 is 10.1 Å². The highest BCUT2D eigenvalue weighted by Gasteiger charge is 2.23. The van der Waals surface area contributed by atoms with Crippen molar-refractivity contribution in [2.45, 2.75) is 39.0 Å². The fourth-order valence-corrected chi connectivity index (χ4v) is 3.79. The Hall–Kier alpha value is -1.22. The van der Waals surface area contributed by atoms with Crippen LogP contribution in [0.5, 0.6) is 0 Å². The minimum atomic E-state index is -4.25. The maximum absolute atomic E-state index is 11.8. The van der Waals surface area contributed by atoms with Gasteiger partial charge in [0.1, 0.15) is 4.90 Å². The van der Waals surface area contributed by atoms with Crippen LogP contribution >= 0.6 is 9.90 Å². The van der Waals surface area contributed by atoms with Gasteiger partial charge in [0.05, 0.1) is 0 Å². The van der Waals surface area contributed by atoms with Gasteiger partial charge in [-0.3, -0.25) is 4.55 Å². The Bertz CT molecular complexity index is 782. The molecule has 0 saturated carbocycles. The van der Waals surface area contributed by atoms with Gasteiger partial charge in [0.15, 0.2) is 0 Å². The van der Waals surface area contributed by atoms with Gasteiger partial charge in [0.25, 0.3) is 10.1 Å². The molecule has 1 N–H and O–H groups in total. The Kier molecular flexibility index (Phi) is 5.91. The molecule has 0 bridgehead atoms. The third-order valence-electron chi connectivity index (χ3n) is 4.24. The van der Waals surface area contributed by atoms with E-state index in [0.29, 0.717) is 17.5 Å². The molecule has 0 amide bonds. The SMILES string of the molecule is Cc1c(C)c(C)c(S(=O)(=O)O)c(Cc2ccccc2)c1C.P. The van der Waals surface area contributed by atoms with Crippen LogP contribution in [0.4, 0.5) is 0 Å². The van der Waals surface area contributed by atoms with Crippen LogP contribution in [-0.2, 0) is 16.5 Å². The lowest BCUT2D eigenvalue weighted by molar-refractivity contribution is 0.481. The van der Waals surface area contributed by atoms with E-state index in [-0.39, 0.29) is 14.8 Å². The molecule has 0 fully saturated rings. The molecular weight excluding hydrogens is 315 g/mol. The summed E-state index contributed by atoms with van der Waals surface area (Å²) in [5, 5.41) is 0. The van der Waals surface area contributed by atoms with E-state index >= 15 is 0 Å². The molecule has 22 heavy (non-hydrogen) atoms. The number of hydrogen-bond acceptors (Lipinski definition) is 2. The van der Waals surface area contributed by atoms with Crippen molar-refractivity contribution in [2.75, 3.05) is 0 Å². The minimum absolute atomic E-state index is 0. The van der Waals surface area contributed by atoms with E-state index in [1.54, 1.807) is 6.92 Å². The monoisotopic (exact) mass is 338 g/mol. The van der Waals surface area contributed by atoms with Gasteiger partial charge in [-0.05, 0) is 67.5 Å². The summed E-state index contributed by atoms with van der Waals surface area (Å²) in [4.78, 5) is 0.0620. The Labute approximate surface area is 136 Å². The van der Waals surface area contributed by atoms with Crippen LogP contribution in [0.15, 0.2) is 35.2 Å². The largest absolute Gasteiger partial charge is 0.295 e. The molecule has 0 saturated heterocycles. The van der Waals surface area contributed by atoms with E-state index in [0.717, 1.165) is 22.3 Å². The second-order valence-electron chi connectivity index (χ2n) is 5.45. The summed E-state index contributed by atoms with van der Waals surface area (Å²) in [5.74, 6) is 0. The van der Waals surface area contributed by atoms with Gasteiger partial charge in [0.2, 0.25) is 0 Å². The van der Waals surface area contributed by atoms with Crippen molar-refractivity contribution in [2.24, 2.45) is 0 Å². The summed E-state index contributed by atoms with van der Waals surface area (Å²) >= 11 is 0. The molecule has 2 aromatic rings. The fraction of sp³-hybridized carbons (Fsp3) is 0.294. The van der Waals surface area contributed by atoms with Crippen molar-refractivity contribution in [3.05, 3.63) is 63.7 Å². The molecule has 0 aliphatic rings. The second-order valence-corrected chi connectivity index (χ2v) is 6.80. The van der Waals surface area contributed by atoms with Gasteiger partial charge in [-0.15, -0.1) is 0 Å². The quantitative estimate of drug-likeness (QED) is 0.684. The van der Waals surface area contributed by atoms with Crippen molar-refractivity contribution in [1.29, 1.82) is 0 Å². The van der Waals surface area contributed by atoms with Crippen LogP contribution in [0.25, 0.3) is 0 Å². The molecule has 0 heterocycles. The first-order valence-corrected chi connectivity index (χ1v) is 8.28. The maximum atomic E-state index is 11.8. The zero-order chi connectivity index (χ0) is 15.8. The molecule has 120 valence electrons. The number of rotatable bonds is 3. The first kappa shape index (κ1) is 18.8. The molecule has 2 rings (SSSR count). The lowest BCUT2D eigenvalue weighted by Crippen LogP contribution is -2.11. The normalized spacial score (nSPS) is 11.1. The zero-order valence-electron chi connectivity index (χ0n) is 13.5. The Morgan fingerprint density at radius 1 is 0.864 bits per heavy atom. The number of hydrogen-bond donors (Lipinski definition) is 1. The van der Waals surface area contributed by atoms with Crippen molar-refractivity contribution in [3.63, 3.8) is 0 Å². The average Bonchev–Trinajstić information content (AvgIpc) is 2.42. The van der Waals surface area contributed by atoms with Crippen LogP contribution < -0.4 is 0 Å². The van der Waals surface area contributed by atoms with Crippen molar-refractivity contribution < 1.29 is 13.0 Å². The molecule has 3 nitrogen and oxygen atoms in total. The van der Waals surface area contributed by atoms with Crippen LogP contribution in [0.3, 0.4) is 0 Å². The summed E-state index contributed by atoms with van der Waals surface area (Å²) in [5.41, 5.74) is 5.25. The van der Waals surface area contributed by atoms with Gasteiger partial charge in [-0.1, -0.05) is 30.3 Å². The lowest BCUT2D eigenvalue weighted by atomic mass is 9.91. The molecule has 1 atom stereocenters. The topological polar surface area (TPSA) is 54.4 Å². The molecule has 0 aliphatic heterocycles. The highest BCUT2D eigenvalue weighted by atomic mass is 32.2. The van der Waals surface area contributed by atoms with E-state index in [1.165, 1.54) is 0 Å². The first-order chi connectivity index (χ1) is 9.73. The van der Waals surface area contributed by atoms with Crippen molar-refractivity contribution in [3.8, 4) is 0 Å². The highest BCUT2D eigenvalue weighted by Crippen LogP contribution is 2.31. The predicted molar refractivity (Wildman–Crippen MR) is 95.6 cm³/mol.